The maximum absolute atomic E-state index is 12.0. The number of carbonyl (C=O) groups excluding carboxylic acids is 1. The third-order valence-corrected chi connectivity index (χ3v) is 2.85. The summed E-state index contributed by atoms with van der Waals surface area (Å²) < 4.78 is 1.28. The molecular formula is C13H21N3O3. The minimum atomic E-state index is -0.377. The van der Waals surface area contributed by atoms with Crippen LogP contribution >= 0.6 is 0 Å². The fraction of sp³-hybridized carbons (Fsp3) is 0.615. The molecule has 1 aromatic heterocycles. The first kappa shape index (κ1) is 15.4. The maximum Gasteiger partial charge on any atom is 0.272 e. The molecule has 0 radical (unpaired) electrons. The monoisotopic (exact) mass is 267 g/mol. The lowest BCUT2D eigenvalue weighted by molar-refractivity contribution is 0.0889. The highest BCUT2D eigenvalue weighted by Gasteiger charge is 2.17. The van der Waals surface area contributed by atoms with E-state index in [4.69, 9.17) is 0 Å². The molecule has 0 fully saturated rings. The summed E-state index contributed by atoms with van der Waals surface area (Å²) in [4.78, 5) is 23.5. The number of amides is 1. The van der Waals surface area contributed by atoms with Crippen LogP contribution in [0.25, 0.3) is 0 Å². The van der Waals surface area contributed by atoms with Crippen molar-refractivity contribution in [2.45, 2.75) is 39.8 Å². The zero-order valence-corrected chi connectivity index (χ0v) is 11.6. The van der Waals surface area contributed by atoms with E-state index in [1.165, 1.54) is 16.8 Å². The smallest absolute Gasteiger partial charge is 0.272 e. The summed E-state index contributed by atoms with van der Waals surface area (Å²) in [5, 5.41) is 15.9. The summed E-state index contributed by atoms with van der Waals surface area (Å²) in [5.41, 5.74) is -0.0342. The van der Waals surface area contributed by atoms with Crippen LogP contribution < -0.4 is 10.9 Å². The minimum absolute atomic E-state index is 0.121. The minimum Gasteiger partial charge on any atom is -0.394 e. The average Bonchev–Trinajstić information content (AvgIpc) is 2.38. The first-order valence-electron chi connectivity index (χ1n) is 6.49. The van der Waals surface area contributed by atoms with E-state index in [2.05, 4.69) is 10.4 Å². The molecule has 6 nitrogen and oxygen atoms in total. The number of aryl methyl sites for hydroxylation is 1. The number of hydrogen-bond acceptors (Lipinski definition) is 4. The van der Waals surface area contributed by atoms with Gasteiger partial charge in [0.2, 0.25) is 0 Å². The molecule has 0 spiro atoms. The number of aromatic nitrogens is 2. The highest BCUT2D eigenvalue weighted by Crippen LogP contribution is 2.02. The molecule has 6 heteroatoms. The van der Waals surface area contributed by atoms with Crippen molar-refractivity contribution >= 4 is 5.91 Å². The van der Waals surface area contributed by atoms with E-state index < -0.39 is 0 Å². The quantitative estimate of drug-likeness (QED) is 0.781. The van der Waals surface area contributed by atoms with Crippen molar-refractivity contribution in [2.75, 3.05) is 6.61 Å². The number of nitrogens with one attached hydrogen (secondary N) is 1. The fourth-order valence-corrected chi connectivity index (χ4v) is 1.61. The fourth-order valence-electron chi connectivity index (χ4n) is 1.61. The van der Waals surface area contributed by atoms with Crippen molar-refractivity contribution in [3.63, 3.8) is 0 Å². The van der Waals surface area contributed by atoms with Crippen LogP contribution in [0.2, 0.25) is 0 Å². The van der Waals surface area contributed by atoms with Gasteiger partial charge >= 0.3 is 0 Å². The third-order valence-electron chi connectivity index (χ3n) is 2.85. The molecule has 0 aliphatic heterocycles. The van der Waals surface area contributed by atoms with Gasteiger partial charge in [-0.05, 0) is 18.4 Å². The van der Waals surface area contributed by atoms with E-state index in [0.717, 1.165) is 6.42 Å². The summed E-state index contributed by atoms with van der Waals surface area (Å²) in [5.74, 6) is -0.256. The Labute approximate surface area is 112 Å². The molecule has 0 bridgehead atoms. The van der Waals surface area contributed by atoms with Crippen LogP contribution in [-0.4, -0.2) is 33.4 Å². The Balaban J connectivity index is 2.88. The number of hydrogen-bond donors (Lipinski definition) is 2. The molecule has 1 heterocycles. The van der Waals surface area contributed by atoms with E-state index in [0.29, 0.717) is 6.54 Å². The highest BCUT2D eigenvalue weighted by atomic mass is 16.3. The summed E-state index contributed by atoms with van der Waals surface area (Å²) in [6.45, 7) is 6.10. The van der Waals surface area contributed by atoms with E-state index in [1.54, 1.807) is 0 Å². The summed E-state index contributed by atoms with van der Waals surface area (Å²) in [7, 11) is 0. The van der Waals surface area contributed by atoms with Gasteiger partial charge in [-0.1, -0.05) is 20.8 Å². The van der Waals surface area contributed by atoms with Crippen LogP contribution in [0.1, 0.15) is 37.7 Å². The topological polar surface area (TPSA) is 84.2 Å². The predicted octanol–water partition coefficient (Wildman–Crippen LogP) is 0.400. The van der Waals surface area contributed by atoms with Crippen LogP contribution in [0.3, 0.4) is 0 Å². The average molecular weight is 267 g/mol. The Morgan fingerprint density at radius 3 is 2.68 bits per heavy atom. The molecule has 1 amide bonds. The number of carbonyl (C=O) groups is 1. The van der Waals surface area contributed by atoms with Crippen molar-refractivity contribution in [3.8, 4) is 0 Å². The molecule has 1 rings (SSSR count). The molecule has 1 atom stereocenters. The lowest BCUT2D eigenvalue weighted by atomic mass is 10.1. The van der Waals surface area contributed by atoms with E-state index >= 15 is 0 Å². The van der Waals surface area contributed by atoms with Crippen molar-refractivity contribution in [2.24, 2.45) is 5.92 Å². The van der Waals surface area contributed by atoms with Gasteiger partial charge < -0.3 is 10.4 Å². The van der Waals surface area contributed by atoms with Gasteiger partial charge in [0.1, 0.15) is 5.69 Å². The first-order valence-corrected chi connectivity index (χ1v) is 6.49. The van der Waals surface area contributed by atoms with Crippen molar-refractivity contribution in [3.05, 3.63) is 28.2 Å². The Morgan fingerprint density at radius 1 is 1.47 bits per heavy atom. The van der Waals surface area contributed by atoms with Gasteiger partial charge in [-0.3, -0.25) is 9.59 Å². The molecular weight excluding hydrogens is 246 g/mol. The molecule has 0 unspecified atom stereocenters. The number of nitrogens with zero attached hydrogens (tertiary/aromatic N) is 2. The molecule has 0 aromatic carbocycles. The molecule has 19 heavy (non-hydrogen) atoms. The highest BCUT2D eigenvalue weighted by molar-refractivity contribution is 5.92. The number of aliphatic hydroxyl groups is 1. The lowest BCUT2D eigenvalue weighted by Gasteiger charge is -2.19. The van der Waals surface area contributed by atoms with Crippen LogP contribution in [0.4, 0.5) is 0 Å². The Hall–Kier alpha value is -1.69. The predicted molar refractivity (Wildman–Crippen MR) is 72.0 cm³/mol. The summed E-state index contributed by atoms with van der Waals surface area (Å²) in [6, 6.07) is 2.42. The molecule has 0 saturated heterocycles. The largest absolute Gasteiger partial charge is 0.394 e. The third kappa shape index (κ3) is 4.17. The van der Waals surface area contributed by atoms with Gasteiger partial charge in [-0.15, -0.1) is 0 Å². The van der Waals surface area contributed by atoms with Crippen molar-refractivity contribution < 1.29 is 9.90 Å². The lowest BCUT2D eigenvalue weighted by Crippen LogP contribution is -2.42. The summed E-state index contributed by atoms with van der Waals surface area (Å²) in [6.07, 6.45) is 0.767. The SMILES string of the molecule is CCCn1nc(C(=O)N[C@H](CO)C(C)C)ccc1=O. The van der Waals surface area contributed by atoms with Crippen molar-refractivity contribution in [1.29, 1.82) is 0 Å². The molecule has 1 aromatic rings. The standard InChI is InChI=1S/C13H21N3O3/c1-4-7-16-12(18)6-5-10(15-16)13(19)14-11(8-17)9(2)3/h5-6,9,11,17H,4,7-8H2,1-3H3,(H,14,19)/t11-/m1/s1. The van der Waals surface area contributed by atoms with Crippen LogP contribution in [-0.2, 0) is 6.54 Å². The van der Waals surface area contributed by atoms with Gasteiger partial charge in [0, 0.05) is 12.6 Å². The van der Waals surface area contributed by atoms with Gasteiger partial charge in [-0.2, -0.15) is 5.10 Å². The van der Waals surface area contributed by atoms with Gasteiger partial charge in [0.15, 0.2) is 0 Å². The van der Waals surface area contributed by atoms with E-state index in [9.17, 15) is 14.7 Å². The molecule has 0 saturated carbocycles. The van der Waals surface area contributed by atoms with Crippen LogP contribution in [0.5, 0.6) is 0 Å². The van der Waals surface area contributed by atoms with Gasteiger partial charge in [0.05, 0.1) is 12.6 Å². The second-order valence-electron chi connectivity index (χ2n) is 4.79. The van der Waals surface area contributed by atoms with E-state index in [-0.39, 0.29) is 35.7 Å². The van der Waals surface area contributed by atoms with Crippen molar-refractivity contribution in [1.82, 2.24) is 15.1 Å². The molecule has 0 aliphatic rings. The summed E-state index contributed by atoms with van der Waals surface area (Å²) >= 11 is 0. The number of aliphatic hydroxyl groups excluding tert-OH is 1. The second kappa shape index (κ2) is 7.04. The normalized spacial score (nSPS) is 12.5. The molecule has 106 valence electrons. The van der Waals surface area contributed by atoms with E-state index in [1.807, 2.05) is 20.8 Å². The van der Waals surface area contributed by atoms with Gasteiger partial charge in [-0.25, -0.2) is 4.68 Å². The maximum atomic E-state index is 12.0. The molecule has 0 aliphatic carbocycles. The Morgan fingerprint density at radius 2 is 2.16 bits per heavy atom. The zero-order chi connectivity index (χ0) is 14.4. The van der Waals surface area contributed by atoms with Crippen LogP contribution in [0, 0.1) is 5.92 Å². The molecule has 2 N–H and O–H groups in total. The van der Waals surface area contributed by atoms with Gasteiger partial charge in [0.25, 0.3) is 11.5 Å². The Kier molecular flexibility index (Phi) is 5.69. The second-order valence-corrected chi connectivity index (χ2v) is 4.79. The van der Waals surface area contributed by atoms with Crippen LogP contribution in [0.15, 0.2) is 16.9 Å². The zero-order valence-electron chi connectivity index (χ0n) is 11.6. The number of rotatable bonds is 6. The first-order chi connectivity index (χ1) is 8.99. The Bertz CT molecular complexity index is 482.